The maximum atomic E-state index is 10.5. The summed E-state index contributed by atoms with van der Waals surface area (Å²) in [5, 5.41) is 69.2. The topological polar surface area (TPSA) is 179 Å². The first-order chi connectivity index (χ1) is 13.7. The van der Waals surface area contributed by atoms with Crippen LogP contribution >= 0.6 is 0 Å². The first-order valence-corrected chi connectivity index (χ1v) is 9.54. The second kappa shape index (κ2) is 11.1. The molecular weight excluding hydrogens is 392 g/mol. The van der Waals surface area contributed by atoms with Crippen molar-refractivity contribution < 1.29 is 54.7 Å². The van der Waals surface area contributed by atoms with Gasteiger partial charge in [-0.05, 0) is 20.3 Å². The number of allylic oxidation sites excluding steroid dienone is 1. The van der Waals surface area contributed by atoms with E-state index in [9.17, 15) is 35.7 Å². The maximum absolute atomic E-state index is 10.5. The molecule has 0 bridgehead atoms. The standard InChI is InChI=1S/C18H32O11/c1-8(2)4-3-5-26-18-16(14(24)12(22)10(7-20)28-18)29-17-15(25)13(23)11(21)9(6-19)27-17/h4,9-25H,3,5-7H2,1-2H3/t9-,10-,11-,12-,13+,14+,15-,16-,17+,18-/m1/s1. The van der Waals surface area contributed by atoms with Crippen molar-refractivity contribution in [1.82, 2.24) is 0 Å². The van der Waals surface area contributed by atoms with Crippen molar-refractivity contribution >= 4 is 0 Å². The Labute approximate surface area is 168 Å². The number of aliphatic hydroxyl groups excluding tert-OH is 7. The van der Waals surface area contributed by atoms with E-state index in [0.29, 0.717) is 6.42 Å². The van der Waals surface area contributed by atoms with Crippen LogP contribution < -0.4 is 0 Å². The third kappa shape index (κ3) is 5.93. The summed E-state index contributed by atoms with van der Waals surface area (Å²) in [6.45, 7) is 2.81. The highest BCUT2D eigenvalue weighted by atomic mass is 16.8. The molecule has 0 aromatic carbocycles. The fourth-order valence-electron chi connectivity index (χ4n) is 3.20. The van der Waals surface area contributed by atoms with Gasteiger partial charge in [0.15, 0.2) is 12.6 Å². The third-order valence-corrected chi connectivity index (χ3v) is 4.92. The van der Waals surface area contributed by atoms with E-state index < -0.39 is 74.6 Å². The summed E-state index contributed by atoms with van der Waals surface area (Å²) < 4.78 is 21.9. The molecule has 2 aliphatic rings. The van der Waals surface area contributed by atoms with Crippen LogP contribution in [0.25, 0.3) is 0 Å². The molecule has 2 saturated heterocycles. The number of ether oxygens (including phenoxy) is 4. The Morgan fingerprint density at radius 1 is 0.793 bits per heavy atom. The summed E-state index contributed by atoms with van der Waals surface area (Å²) >= 11 is 0. The van der Waals surface area contributed by atoms with Crippen molar-refractivity contribution in [2.75, 3.05) is 19.8 Å². The Hall–Kier alpha value is -0.700. The largest absolute Gasteiger partial charge is 0.394 e. The average Bonchev–Trinajstić information content (AvgIpc) is 2.69. The molecule has 0 aromatic rings. The maximum Gasteiger partial charge on any atom is 0.187 e. The summed E-state index contributed by atoms with van der Waals surface area (Å²) in [4.78, 5) is 0. The first-order valence-electron chi connectivity index (χ1n) is 9.54. The lowest BCUT2D eigenvalue weighted by atomic mass is 9.97. The van der Waals surface area contributed by atoms with Crippen LogP contribution in [0.2, 0.25) is 0 Å². The van der Waals surface area contributed by atoms with Gasteiger partial charge in [0.05, 0.1) is 19.8 Å². The molecule has 0 spiro atoms. The van der Waals surface area contributed by atoms with E-state index in [1.807, 2.05) is 19.9 Å². The molecular formula is C18H32O11. The van der Waals surface area contributed by atoms with E-state index in [1.54, 1.807) is 0 Å². The molecule has 0 unspecified atom stereocenters. The van der Waals surface area contributed by atoms with E-state index in [4.69, 9.17) is 18.9 Å². The van der Waals surface area contributed by atoms with Gasteiger partial charge in [-0.2, -0.15) is 0 Å². The molecule has 170 valence electrons. The molecule has 2 rings (SSSR count). The molecule has 11 nitrogen and oxygen atoms in total. The van der Waals surface area contributed by atoms with E-state index >= 15 is 0 Å². The normalized spacial score (nSPS) is 43.2. The zero-order chi connectivity index (χ0) is 21.7. The smallest absolute Gasteiger partial charge is 0.187 e. The van der Waals surface area contributed by atoms with Crippen molar-refractivity contribution in [2.45, 2.75) is 81.7 Å². The summed E-state index contributed by atoms with van der Waals surface area (Å²) in [5.41, 5.74) is 1.08. The number of hydrogen-bond acceptors (Lipinski definition) is 11. The highest BCUT2D eigenvalue weighted by Crippen LogP contribution is 2.29. The Kier molecular flexibility index (Phi) is 9.38. The minimum Gasteiger partial charge on any atom is -0.394 e. The Morgan fingerprint density at radius 3 is 1.90 bits per heavy atom. The number of rotatable bonds is 8. The Morgan fingerprint density at radius 2 is 1.34 bits per heavy atom. The minimum absolute atomic E-state index is 0.186. The van der Waals surface area contributed by atoms with Gasteiger partial charge in [-0.15, -0.1) is 0 Å². The molecule has 7 N–H and O–H groups in total. The fourth-order valence-corrected chi connectivity index (χ4v) is 3.20. The van der Waals surface area contributed by atoms with Crippen LogP contribution in [0.15, 0.2) is 11.6 Å². The van der Waals surface area contributed by atoms with Crippen molar-refractivity contribution in [1.29, 1.82) is 0 Å². The van der Waals surface area contributed by atoms with Crippen molar-refractivity contribution in [3.8, 4) is 0 Å². The van der Waals surface area contributed by atoms with Crippen molar-refractivity contribution in [3.05, 3.63) is 11.6 Å². The lowest BCUT2D eigenvalue weighted by Gasteiger charge is -2.45. The molecule has 10 atom stereocenters. The summed E-state index contributed by atoms with van der Waals surface area (Å²) in [6.07, 6.45) is -12.0. The molecule has 2 heterocycles. The van der Waals surface area contributed by atoms with Crippen LogP contribution in [0.5, 0.6) is 0 Å². The van der Waals surface area contributed by atoms with Crippen molar-refractivity contribution in [2.24, 2.45) is 0 Å². The van der Waals surface area contributed by atoms with Crippen LogP contribution in [0.4, 0.5) is 0 Å². The summed E-state index contributed by atoms with van der Waals surface area (Å²) in [7, 11) is 0. The second-order valence-corrected chi connectivity index (χ2v) is 7.45. The average molecular weight is 424 g/mol. The SMILES string of the molecule is CC(C)=CCCO[C@@H]1O[C@H](CO)[C@@H](O)[C@H](O)[C@H]1O[C@@H]1O[C@H](CO)[C@@H](O)[C@H](O)[C@H]1O. The van der Waals surface area contributed by atoms with E-state index in [1.165, 1.54) is 0 Å². The molecule has 0 amide bonds. The molecule has 11 heteroatoms. The third-order valence-electron chi connectivity index (χ3n) is 4.92. The lowest BCUT2D eigenvalue weighted by molar-refractivity contribution is -0.367. The van der Waals surface area contributed by atoms with Crippen LogP contribution in [-0.2, 0) is 18.9 Å². The zero-order valence-corrected chi connectivity index (χ0v) is 16.4. The second-order valence-electron chi connectivity index (χ2n) is 7.45. The monoisotopic (exact) mass is 424 g/mol. The first kappa shape index (κ1) is 24.6. The molecule has 0 aromatic heterocycles. The highest BCUT2D eigenvalue weighted by Gasteiger charge is 2.50. The lowest BCUT2D eigenvalue weighted by Crippen LogP contribution is -2.64. The predicted octanol–water partition coefficient (Wildman–Crippen LogP) is -3.02. The number of aliphatic hydroxyl groups is 7. The quantitative estimate of drug-likeness (QED) is 0.156. The predicted molar refractivity (Wildman–Crippen MR) is 96.4 cm³/mol. The van der Waals surface area contributed by atoms with Gasteiger partial charge >= 0.3 is 0 Å². The Balaban J connectivity index is 2.12. The van der Waals surface area contributed by atoms with Gasteiger partial charge < -0.3 is 54.7 Å². The van der Waals surface area contributed by atoms with E-state index in [2.05, 4.69) is 0 Å². The van der Waals surface area contributed by atoms with Gasteiger partial charge in [-0.3, -0.25) is 0 Å². The molecule has 0 aliphatic carbocycles. The molecule has 2 aliphatic heterocycles. The minimum atomic E-state index is -1.70. The van der Waals surface area contributed by atoms with Crippen LogP contribution in [-0.4, -0.2) is 117 Å². The summed E-state index contributed by atoms with van der Waals surface area (Å²) in [6, 6.07) is 0. The molecule has 0 saturated carbocycles. The van der Waals surface area contributed by atoms with Crippen LogP contribution in [0.1, 0.15) is 20.3 Å². The zero-order valence-electron chi connectivity index (χ0n) is 16.4. The fraction of sp³-hybridized carbons (Fsp3) is 0.889. The van der Waals surface area contributed by atoms with E-state index in [-0.39, 0.29) is 6.61 Å². The van der Waals surface area contributed by atoms with E-state index in [0.717, 1.165) is 5.57 Å². The molecule has 2 fully saturated rings. The van der Waals surface area contributed by atoms with Gasteiger partial charge in [0.25, 0.3) is 0 Å². The molecule has 29 heavy (non-hydrogen) atoms. The number of hydrogen-bond donors (Lipinski definition) is 7. The van der Waals surface area contributed by atoms with Crippen molar-refractivity contribution in [3.63, 3.8) is 0 Å². The van der Waals surface area contributed by atoms with Gasteiger partial charge in [-0.25, -0.2) is 0 Å². The van der Waals surface area contributed by atoms with Gasteiger partial charge in [0, 0.05) is 0 Å². The van der Waals surface area contributed by atoms with Gasteiger partial charge in [-0.1, -0.05) is 11.6 Å². The summed E-state index contributed by atoms with van der Waals surface area (Å²) in [5.74, 6) is 0. The van der Waals surface area contributed by atoms with Gasteiger partial charge in [0.2, 0.25) is 0 Å². The van der Waals surface area contributed by atoms with Crippen LogP contribution in [0, 0.1) is 0 Å². The molecule has 0 radical (unpaired) electrons. The van der Waals surface area contributed by atoms with Gasteiger partial charge in [0.1, 0.15) is 48.8 Å². The highest BCUT2D eigenvalue weighted by molar-refractivity contribution is 4.95. The Bertz CT molecular complexity index is 524. The van der Waals surface area contributed by atoms with Crippen LogP contribution in [0.3, 0.4) is 0 Å².